The zero-order valence-corrected chi connectivity index (χ0v) is 14.0. The van der Waals surface area contributed by atoms with Crippen LogP contribution in [0.3, 0.4) is 0 Å². The Hall–Kier alpha value is -3.94. The molecule has 136 valence electrons. The van der Waals surface area contributed by atoms with Crippen LogP contribution in [0.4, 0.5) is 5.69 Å². The van der Waals surface area contributed by atoms with Crippen LogP contribution in [0, 0.1) is 10.1 Å². The number of ether oxygens (including phenoxy) is 1. The van der Waals surface area contributed by atoms with Crippen molar-refractivity contribution in [2.45, 2.75) is 0 Å². The summed E-state index contributed by atoms with van der Waals surface area (Å²) in [5, 5.41) is 26.0. The lowest BCUT2D eigenvalue weighted by atomic mass is 10.1. The van der Waals surface area contributed by atoms with E-state index in [4.69, 9.17) is 4.74 Å². The van der Waals surface area contributed by atoms with Crippen molar-refractivity contribution in [2.24, 2.45) is 5.10 Å². The molecule has 0 heterocycles. The van der Waals surface area contributed by atoms with Crippen LogP contribution in [-0.4, -0.2) is 28.8 Å². The lowest BCUT2D eigenvalue weighted by molar-refractivity contribution is -0.384. The van der Waals surface area contributed by atoms with Crippen LogP contribution in [0.2, 0.25) is 0 Å². The second-order valence-corrected chi connectivity index (χ2v) is 5.56. The summed E-state index contributed by atoms with van der Waals surface area (Å²) in [5.74, 6) is -0.127. The molecule has 27 heavy (non-hydrogen) atoms. The smallest absolute Gasteiger partial charge is 0.277 e. The maximum absolute atomic E-state index is 11.9. The Morgan fingerprint density at radius 2 is 1.96 bits per heavy atom. The number of aromatic hydroxyl groups is 1. The third kappa shape index (κ3) is 4.37. The molecule has 0 spiro atoms. The molecule has 3 rings (SSSR count). The highest BCUT2D eigenvalue weighted by molar-refractivity contribution is 5.89. The summed E-state index contributed by atoms with van der Waals surface area (Å²) in [6, 6.07) is 16.7. The summed E-state index contributed by atoms with van der Waals surface area (Å²) in [7, 11) is 0. The van der Waals surface area contributed by atoms with Gasteiger partial charge in [-0.25, -0.2) is 5.43 Å². The zero-order chi connectivity index (χ0) is 19.2. The molecule has 3 aromatic carbocycles. The van der Waals surface area contributed by atoms with Gasteiger partial charge in [-0.05, 0) is 17.5 Å². The highest BCUT2D eigenvalue weighted by Gasteiger charge is 2.09. The van der Waals surface area contributed by atoms with Gasteiger partial charge in [0, 0.05) is 23.1 Å². The minimum Gasteiger partial charge on any atom is -0.507 e. The molecule has 0 radical (unpaired) electrons. The molecule has 8 nitrogen and oxygen atoms in total. The summed E-state index contributed by atoms with van der Waals surface area (Å²) in [4.78, 5) is 22.0. The number of hydrazone groups is 1. The molecule has 0 atom stereocenters. The normalized spacial score (nSPS) is 10.8. The summed E-state index contributed by atoms with van der Waals surface area (Å²) >= 11 is 0. The van der Waals surface area contributed by atoms with Gasteiger partial charge in [-0.15, -0.1) is 0 Å². The van der Waals surface area contributed by atoms with Crippen LogP contribution in [0.15, 0.2) is 65.8 Å². The predicted molar refractivity (Wildman–Crippen MR) is 99.9 cm³/mol. The second-order valence-electron chi connectivity index (χ2n) is 5.56. The molecule has 0 saturated carbocycles. The quantitative estimate of drug-likeness (QED) is 0.396. The Kier molecular flexibility index (Phi) is 5.27. The summed E-state index contributed by atoms with van der Waals surface area (Å²) in [5.41, 5.74) is 2.17. The Balaban J connectivity index is 1.61. The fraction of sp³-hybridized carbons (Fsp3) is 0.0526. The SMILES string of the molecule is O=C(COc1cccc2ccccc12)NN=Cc1cc([N+](=O)[O-])ccc1O. The number of carbonyl (C=O) groups is 1. The predicted octanol–water partition coefficient (Wildman–Crippen LogP) is 2.98. The van der Waals surface area contributed by atoms with Gasteiger partial charge >= 0.3 is 0 Å². The van der Waals surface area contributed by atoms with Gasteiger partial charge in [0.05, 0.1) is 11.1 Å². The van der Waals surface area contributed by atoms with E-state index in [1.165, 1.54) is 12.1 Å². The zero-order valence-electron chi connectivity index (χ0n) is 14.0. The molecule has 0 bridgehead atoms. The minimum atomic E-state index is -0.590. The average molecular weight is 365 g/mol. The molecule has 0 aliphatic heterocycles. The first-order valence-corrected chi connectivity index (χ1v) is 7.94. The van der Waals surface area contributed by atoms with E-state index >= 15 is 0 Å². The summed E-state index contributed by atoms with van der Waals surface area (Å²) in [6.45, 7) is -0.258. The van der Waals surface area contributed by atoms with Gasteiger partial charge in [0.1, 0.15) is 11.5 Å². The number of amides is 1. The van der Waals surface area contributed by atoms with Gasteiger partial charge in [-0.2, -0.15) is 5.10 Å². The number of benzene rings is 3. The number of fused-ring (bicyclic) bond motifs is 1. The number of nitro benzene ring substituents is 1. The molecule has 0 aromatic heterocycles. The van der Waals surface area contributed by atoms with E-state index < -0.39 is 10.8 Å². The van der Waals surface area contributed by atoms with Gasteiger partial charge in [-0.3, -0.25) is 14.9 Å². The van der Waals surface area contributed by atoms with Crippen LogP contribution < -0.4 is 10.2 Å². The number of rotatable bonds is 6. The van der Waals surface area contributed by atoms with Crippen LogP contribution >= 0.6 is 0 Å². The van der Waals surface area contributed by atoms with Crippen molar-refractivity contribution in [1.82, 2.24) is 5.43 Å². The molecule has 0 aliphatic carbocycles. The monoisotopic (exact) mass is 365 g/mol. The highest BCUT2D eigenvalue weighted by Crippen LogP contribution is 2.25. The first-order valence-electron chi connectivity index (χ1n) is 7.94. The molecule has 0 unspecified atom stereocenters. The lowest BCUT2D eigenvalue weighted by Crippen LogP contribution is -2.24. The fourth-order valence-electron chi connectivity index (χ4n) is 2.43. The number of carbonyl (C=O) groups excluding carboxylic acids is 1. The topological polar surface area (TPSA) is 114 Å². The number of hydrogen-bond acceptors (Lipinski definition) is 6. The fourth-order valence-corrected chi connectivity index (χ4v) is 2.43. The van der Waals surface area contributed by atoms with Crippen molar-refractivity contribution in [2.75, 3.05) is 6.61 Å². The van der Waals surface area contributed by atoms with E-state index in [0.717, 1.165) is 23.1 Å². The van der Waals surface area contributed by atoms with Gasteiger partial charge in [0.2, 0.25) is 0 Å². The van der Waals surface area contributed by atoms with Crippen LogP contribution in [0.25, 0.3) is 10.8 Å². The molecular weight excluding hydrogens is 350 g/mol. The Morgan fingerprint density at radius 3 is 2.78 bits per heavy atom. The van der Waals surface area contributed by atoms with E-state index in [0.29, 0.717) is 5.75 Å². The Labute approximate surface area is 153 Å². The third-order valence-corrected chi connectivity index (χ3v) is 3.72. The molecule has 2 N–H and O–H groups in total. The molecule has 0 fully saturated rings. The largest absolute Gasteiger partial charge is 0.507 e. The Bertz CT molecular complexity index is 1030. The van der Waals surface area contributed by atoms with Crippen LogP contribution in [0.1, 0.15) is 5.56 Å². The first kappa shape index (κ1) is 17.9. The maximum Gasteiger partial charge on any atom is 0.277 e. The van der Waals surface area contributed by atoms with E-state index in [-0.39, 0.29) is 23.6 Å². The number of nitro groups is 1. The van der Waals surface area contributed by atoms with E-state index in [1.54, 1.807) is 6.07 Å². The van der Waals surface area contributed by atoms with Crippen LogP contribution in [0.5, 0.6) is 11.5 Å². The van der Waals surface area contributed by atoms with Crippen molar-refractivity contribution in [3.63, 3.8) is 0 Å². The molecule has 1 amide bonds. The number of hydrogen-bond donors (Lipinski definition) is 2. The highest BCUT2D eigenvalue weighted by atomic mass is 16.6. The number of nitrogens with zero attached hydrogens (tertiary/aromatic N) is 2. The van der Waals surface area contributed by atoms with Gasteiger partial charge in [0.15, 0.2) is 6.61 Å². The summed E-state index contributed by atoms with van der Waals surface area (Å²) < 4.78 is 5.53. The molecule has 8 heteroatoms. The first-order chi connectivity index (χ1) is 13.0. The number of phenols is 1. The summed E-state index contributed by atoms with van der Waals surface area (Å²) in [6.07, 6.45) is 1.12. The number of nitrogens with one attached hydrogen (secondary N) is 1. The standard InChI is InChI=1S/C19H15N3O5/c23-17-9-8-15(22(25)26)10-14(17)11-20-21-19(24)12-27-18-7-3-5-13-4-1-2-6-16(13)18/h1-11,23H,12H2,(H,21,24). The van der Waals surface area contributed by atoms with Crippen molar-refractivity contribution in [3.8, 4) is 11.5 Å². The minimum absolute atomic E-state index is 0.111. The molecular formula is C19H15N3O5. The molecule has 0 saturated heterocycles. The van der Waals surface area contributed by atoms with E-state index in [9.17, 15) is 20.0 Å². The second kappa shape index (κ2) is 7.96. The third-order valence-electron chi connectivity index (χ3n) is 3.72. The van der Waals surface area contributed by atoms with Crippen molar-refractivity contribution >= 4 is 28.6 Å². The van der Waals surface area contributed by atoms with Gasteiger partial charge in [-0.1, -0.05) is 36.4 Å². The lowest BCUT2D eigenvalue weighted by Gasteiger charge is -2.08. The average Bonchev–Trinajstić information content (AvgIpc) is 2.67. The van der Waals surface area contributed by atoms with Crippen LogP contribution in [-0.2, 0) is 4.79 Å². The van der Waals surface area contributed by atoms with Gasteiger partial charge < -0.3 is 9.84 Å². The van der Waals surface area contributed by atoms with Crippen molar-refractivity contribution in [3.05, 3.63) is 76.3 Å². The van der Waals surface area contributed by atoms with Crippen molar-refractivity contribution in [1.29, 1.82) is 0 Å². The van der Waals surface area contributed by atoms with Gasteiger partial charge in [0.25, 0.3) is 11.6 Å². The van der Waals surface area contributed by atoms with E-state index in [2.05, 4.69) is 10.5 Å². The molecule has 3 aromatic rings. The van der Waals surface area contributed by atoms with Crippen molar-refractivity contribution < 1.29 is 19.6 Å². The Morgan fingerprint density at radius 1 is 1.19 bits per heavy atom. The number of non-ortho nitro benzene ring substituents is 1. The number of phenolic OH excluding ortho intramolecular Hbond substituents is 1. The maximum atomic E-state index is 11.9. The van der Waals surface area contributed by atoms with E-state index in [1.807, 2.05) is 36.4 Å². The molecule has 0 aliphatic rings.